The van der Waals surface area contributed by atoms with Gasteiger partial charge in [-0.05, 0) is 32.5 Å². The maximum atomic E-state index is 5.66. The number of rotatable bonds is 3. The molecule has 90 valence electrons. The van der Waals surface area contributed by atoms with E-state index in [9.17, 15) is 0 Å². The van der Waals surface area contributed by atoms with Crippen molar-refractivity contribution in [1.82, 2.24) is 4.90 Å². The monoisotopic (exact) mass is 221 g/mol. The van der Waals surface area contributed by atoms with Crippen LogP contribution >= 0.6 is 0 Å². The van der Waals surface area contributed by atoms with E-state index in [1.54, 1.807) is 0 Å². The molecule has 1 aliphatic heterocycles. The maximum absolute atomic E-state index is 5.66. The number of nitrogens with zero attached hydrogens (tertiary/aromatic N) is 1. The molecule has 0 spiro atoms. The van der Waals surface area contributed by atoms with Gasteiger partial charge in [0.05, 0.1) is 0 Å². The molecule has 1 aliphatic rings. The Morgan fingerprint density at radius 1 is 1.38 bits per heavy atom. The van der Waals surface area contributed by atoms with Gasteiger partial charge in [-0.2, -0.15) is 0 Å². The minimum Gasteiger partial charge on any atom is -0.479 e. The Labute approximate surface area is 99.3 Å². The lowest BCUT2D eigenvalue weighted by Gasteiger charge is -2.15. The maximum Gasteiger partial charge on any atom is 0.141 e. The van der Waals surface area contributed by atoms with Gasteiger partial charge in [0.1, 0.15) is 12.5 Å². The molecule has 0 bridgehead atoms. The van der Waals surface area contributed by atoms with E-state index in [2.05, 4.69) is 56.2 Å². The van der Waals surface area contributed by atoms with Gasteiger partial charge in [-0.1, -0.05) is 32.1 Å². The summed E-state index contributed by atoms with van der Waals surface area (Å²) in [4.78, 5) is 2.18. The molecule has 0 aliphatic carbocycles. The topological polar surface area (TPSA) is 12.5 Å². The van der Waals surface area contributed by atoms with Crippen LogP contribution in [0, 0.1) is 5.41 Å². The van der Waals surface area contributed by atoms with Crippen molar-refractivity contribution >= 4 is 0 Å². The molecule has 2 nitrogen and oxygen atoms in total. The van der Waals surface area contributed by atoms with Crippen LogP contribution in [0.1, 0.15) is 27.2 Å². The fraction of sp³-hybridized carbons (Fsp3) is 0.571. The van der Waals surface area contributed by atoms with Crippen molar-refractivity contribution in [2.45, 2.75) is 27.2 Å². The third kappa shape index (κ3) is 4.67. The zero-order chi connectivity index (χ0) is 12.0. The van der Waals surface area contributed by atoms with Gasteiger partial charge in [0.15, 0.2) is 0 Å². The molecule has 0 saturated heterocycles. The highest BCUT2D eigenvalue weighted by Gasteiger charge is 2.09. The molecular weight excluding hydrogens is 198 g/mol. The Balaban J connectivity index is 2.59. The Morgan fingerprint density at radius 2 is 2.12 bits per heavy atom. The quantitative estimate of drug-likeness (QED) is 0.678. The van der Waals surface area contributed by atoms with Crippen LogP contribution in [0.4, 0.5) is 0 Å². The molecule has 16 heavy (non-hydrogen) atoms. The van der Waals surface area contributed by atoms with Gasteiger partial charge in [0, 0.05) is 12.0 Å². The molecule has 0 unspecified atom stereocenters. The second-order valence-corrected chi connectivity index (χ2v) is 4.90. The van der Waals surface area contributed by atoms with Crippen LogP contribution in [0.5, 0.6) is 0 Å². The molecule has 0 N–H and O–H groups in total. The molecule has 0 radical (unpaired) electrons. The van der Waals surface area contributed by atoms with Gasteiger partial charge in [0.25, 0.3) is 0 Å². The lowest BCUT2D eigenvalue weighted by molar-refractivity contribution is 0.109. The molecule has 1 heterocycles. The van der Waals surface area contributed by atoms with Gasteiger partial charge in [-0.25, -0.2) is 0 Å². The highest BCUT2D eigenvalue weighted by atomic mass is 16.5. The van der Waals surface area contributed by atoms with E-state index in [0.717, 1.165) is 18.7 Å². The predicted molar refractivity (Wildman–Crippen MR) is 69.0 cm³/mol. The van der Waals surface area contributed by atoms with Crippen LogP contribution in [0.25, 0.3) is 0 Å². The zero-order valence-corrected chi connectivity index (χ0v) is 10.9. The number of hydrogen-bond acceptors (Lipinski definition) is 2. The van der Waals surface area contributed by atoms with E-state index in [1.165, 1.54) is 0 Å². The van der Waals surface area contributed by atoms with Crippen LogP contribution in [0.2, 0.25) is 0 Å². The summed E-state index contributed by atoms with van der Waals surface area (Å²) in [6, 6.07) is 0. The molecule has 0 aromatic heterocycles. The molecule has 0 fully saturated rings. The fourth-order valence-corrected chi connectivity index (χ4v) is 1.63. The summed E-state index contributed by atoms with van der Waals surface area (Å²) in [5.41, 5.74) is 0.0944. The van der Waals surface area contributed by atoms with Gasteiger partial charge >= 0.3 is 0 Å². The summed E-state index contributed by atoms with van der Waals surface area (Å²) in [6.45, 7) is 8.17. The minimum atomic E-state index is 0.0944. The third-order valence-corrected chi connectivity index (χ3v) is 2.58. The Bertz CT molecular complexity index is 300. The Morgan fingerprint density at radius 3 is 2.81 bits per heavy atom. The van der Waals surface area contributed by atoms with E-state index in [1.807, 2.05) is 6.92 Å². The molecule has 1 rings (SSSR count). The molecule has 2 heteroatoms. The summed E-state index contributed by atoms with van der Waals surface area (Å²) in [5, 5.41) is 0. The van der Waals surface area contributed by atoms with Gasteiger partial charge in [-0.3, -0.25) is 4.90 Å². The van der Waals surface area contributed by atoms with Crippen LogP contribution in [-0.2, 0) is 4.74 Å². The molecule has 0 saturated carbocycles. The van der Waals surface area contributed by atoms with E-state index in [-0.39, 0.29) is 5.41 Å². The number of allylic oxidation sites excluding steroid dienone is 4. The van der Waals surface area contributed by atoms with E-state index < -0.39 is 0 Å². The van der Waals surface area contributed by atoms with E-state index in [4.69, 9.17) is 4.74 Å². The highest BCUT2D eigenvalue weighted by Crippen LogP contribution is 2.20. The van der Waals surface area contributed by atoms with Gasteiger partial charge in [-0.15, -0.1) is 0 Å². The van der Waals surface area contributed by atoms with Crippen LogP contribution in [-0.4, -0.2) is 25.2 Å². The molecule has 0 aromatic carbocycles. The van der Waals surface area contributed by atoms with E-state index in [0.29, 0.717) is 6.73 Å². The van der Waals surface area contributed by atoms with Crippen LogP contribution < -0.4 is 0 Å². The van der Waals surface area contributed by atoms with Crippen molar-refractivity contribution in [2.24, 2.45) is 5.41 Å². The van der Waals surface area contributed by atoms with E-state index >= 15 is 0 Å². The third-order valence-electron chi connectivity index (χ3n) is 2.58. The predicted octanol–water partition coefficient (Wildman–Crippen LogP) is 3.34. The lowest BCUT2D eigenvalue weighted by Crippen LogP contribution is -2.20. The normalized spacial score (nSPS) is 19.9. The average Bonchev–Trinajstić information content (AvgIpc) is 2.40. The Kier molecular flexibility index (Phi) is 4.81. The molecule has 0 atom stereocenters. The first-order chi connectivity index (χ1) is 7.53. The van der Waals surface area contributed by atoms with Crippen LogP contribution in [0.3, 0.4) is 0 Å². The summed E-state index contributed by atoms with van der Waals surface area (Å²) < 4.78 is 5.66. The summed E-state index contributed by atoms with van der Waals surface area (Å²) >= 11 is 0. The second kappa shape index (κ2) is 5.90. The first kappa shape index (κ1) is 13.0. The van der Waals surface area contributed by atoms with Crippen molar-refractivity contribution in [2.75, 3.05) is 20.3 Å². The summed E-state index contributed by atoms with van der Waals surface area (Å²) in [7, 11) is 2.07. The molecule has 0 amide bonds. The standard InChI is InChI=1S/C14H23NO/c1-5-9-14(2,3)10-8-13-7-6-11-15(4)12-16-13/h5,7-10H,6,11-12H2,1-4H3/b9-5-,10-8-. The SMILES string of the molecule is C/C=C\C(C)(C)/C=C\C1=CCCN(C)CO1. The number of hydrogen-bond donors (Lipinski definition) is 0. The minimum absolute atomic E-state index is 0.0944. The first-order valence-electron chi connectivity index (χ1n) is 5.88. The van der Waals surface area contributed by atoms with Crippen molar-refractivity contribution in [1.29, 1.82) is 0 Å². The molecule has 0 aromatic rings. The van der Waals surface area contributed by atoms with Gasteiger partial charge < -0.3 is 4.74 Å². The van der Waals surface area contributed by atoms with Crippen LogP contribution in [0.15, 0.2) is 36.1 Å². The summed E-state index contributed by atoms with van der Waals surface area (Å²) in [6.07, 6.45) is 11.8. The smallest absolute Gasteiger partial charge is 0.141 e. The summed E-state index contributed by atoms with van der Waals surface area (Å²) in [5.74, 6) is 0.988. The average molecular weight is 221 g/mol. The number of ether oxygens (including phenoxy) is 1. The largest absolute Gasteiger partial charge is 0.479 e. The van der Waals surface area contributed by atoms with Gasteiger partial charge in [0.2, 0.25) is 0 Å². The Hall–Kier alpha value is -1.02. The van der Waals surface area contributed by atoms with Crippen molar-refractivity contribution < 1.29 is 4.74 Å². The second-order valence-electron chi connectivity index (χ2n) is 4.90. The van der Waals surface area contributed by atoms with Crippen molar-refractivity contribution in [3.05, 3.63) is 36.1 Å². The lowest BCUT2D eigenvalue weighted by atomic mass is 9.92. The van der Waals surface area contributed by atoms with Crippen molar-refractivity contribution in [3.8, 4) is 0 Å². The first-order valence-corrected chi connectivity index (χ1v) is 5.88. The van der Waals surface area contributed by atoms with Crippen molar-refractivity contribution in [3.63, 3.8) is 0 Å². The fourth-order valence-electron chi connectivity index (χ4n) is 1.63. The molecular formula is C14H23NO. The highest BCUT2D eigenvalue weighted by molar-refractivity contribution is 5.18. The zero-order valence-electron chi connectivity index (χ0n) is 10.9.